The van der Waals surface area contributed by atoms with Gasteiger partial charge in [-0.25, -0.2) is 9.78 Å². The number of ketones is 1. The van der Waals surface area contributed by atoms with E-state index in [1.54, 1.807) is 36.7 Å². The van der Waals surface area contributed by atoms with Crippen molar-refractivity contribution >= 4 is 22.8 Å². The molecule has 0 saturated heterocycles. The van der Waals surface area contributed by atoms with Crippen molar-refractivity contribution in [2.45, 2.75) is 6.92 Å². The average Bonchev–Trinajstić information content (AvgIpc) is 2.97. The molecule has 3 aromatic rings. The lowest BCUT2D eigenvalue weighted by Crippen LogP contribution is -2.02. The molecule has 0 atom stereocenters. The van der Waals surface area contributed by atoms with Gasteiger partial charge in [-0.15, -0.1) is 0 Å². The van der Waals surface area contributed by atoms with Crippen molar-refractivity contribution in [2.24, 2.45) is 0 Å². The van der Waals surface area contributed by atoms with E-state index in [4.69, 9.17) is 4.74 Å². The van der Waals surface area contributed by atoms with Gasteiger partial charge in [0.1, 0.15) is 6.33 Å². The maximum Gasteiger partial charge on any atom is 0.337 e. The lowest BCUT2D eigenvalue weighted by atomic mass is 10.1. The van der Waals surface area contributed by atoms with E-state index in [0.717, 1.165) is 16.7 Å². The Hall–Kier alpha value is -2.95. The average molecular weight is 294 g/mol. The van der Waals surface area contributed by atoms with Gasteiger partial charge in [0.2, 0.25) is 0 Å². The molecule has 110 valence electrons. The van der Waals surface area contributed by atoms with E-state index in [1.165, 1.54) is 14.0 Å². The smallest absolute Gasteiger partial charge is 0.337 e. The van der Waals surface area contributed by atoms with Crippen LogP contribution in [0.3, 0.4) is 0 Å². The first-order valence-electron chi connectivity index (χ1n) is 6.77. The third-order valence-electron chi connectivity index (χ3n) is 3.50. The number of carbonyl (C=O) groups excluding carboxylic acids is 2. The molecule has 0 fully saturated rings. The van der Waals surface area contributed by atoms with Crippen molar-refractivity contribution < 1.29 is 14.3 Å². The second-order valence-electron chi connectivity index (χ2n) is 4.92. The molecule has 0 saturated carbocycles. The summed E-state index contributed by atoms with van der Waals surface area (Å²) in [7, 11) is 1.35. The largest absolute Gasteiger partial charge is 0.465 e. The Kier molecular flexibility index (Phi) is 3.47. The van der Waals surface area contributed by atoms with Gasteiger partial charge in [-0.3, -0.25) is 9.36 Å². The van der Waals surface area contributed by atoms with Crippen LogP contribution in [0.4, 0.5) is 0 Å². The molecule has 0 unspecified atom stereocenters. The number of hydrogen-bond acceptors (Lipinski definition) is 4. The predicted molar refractivity (Wildman–Crippen MR) is 82.4 cm³/mol. The minimum absolute atomic E-state index is 0.00383. The fourth-order valence-electron chi connectivity index (χ4n) is 2.34. The molecule has 0 aliphatic carbocycles. The van der Waals surface area contributed by atoms with Gasteiger partial charge < -0.3 is 4.74 Å². The summed E-state index contributed by atoms with van der Waals surface area (Å²) in [6.07, 6.45) is 1.67. The monoisotopic (exact) mass is 294 g/mol. The Morgan fingerprint density at radius 2 is 1.91 bits per heavy atom. The summed E-state index contributed by atoms with van der Waals surface area (Å²) < 4.78 is 6.60. The molecule has 3 rings (SSSR count). The van der Waals surface area contributed by atoms with Crippen molar-refractivity contribution in [3.05, 3.63) is 59.9 Å². The van der Waals surface area contributed by atoms with Crippen LogP contribution in [0.2, 0.25) is 0 Å². The summed E-state index contributed by atoms with van der Waals surface area (Å²) in [5, 5.41) is 0. The van der Waals surface area contributed by atoms with Crippen molar-refractivity contribution in [2.75, 3.05) is 7.11 Å². The Bertz CT molecular complexity index is 880. The number of ether oxygens (including phenoxy) is 1. The first kappa shape index (κ1) is 14.0. The molecule has 5 nitrogen and oxygen atoms in total. The summed E-state index contributed by atoms with van der Waals surface area (Å²) in [5.41, 5.74) is 3.51. The third-order valence-corrected chi connectivity index (χ3v) is 3.50. The number of carbonyl (C=O) groups is 2. The molecule has 0 amide bonds. The first-order chi connectivity index (χ1) is 10.6. The zero-order chi connectivity index (χ0) is 15.7. The van der Waals surface area contributed by atoms with Gasteiger partial charge in [-0.2, -0.15) is 0 Å². The van der Waals surface area contributed by atoms with E-state index in [1.807, 2.05) is 16.7 Å². The highest BCUT2D eigenvalue weighted by molar-refractivity contribution is 5.97. The molecular weight excluding hydrogens is 280 g/mol. The van der Waals surface area contributed by atoms with Crippen LogP contribution in [-0.4, -0.2) is 28.4 Å². The number of esters is 1. The number of fused-ring (bicyclic) bond motifs is 1. The predicted octanol–water partition coefficient (Wildman–Crippen LogP) is 3.01. The van der Waals surface area contributed by atoms with Crippen LogP contribution in [0.25, 0.3) is 16.7 Å². The molecule has 5 heteroatoms. The third kappa shape index (κ3) is 2.37. The van der Waals surface area contributed by atoms with Crippen molar-refractivity contribution in [3.8, 4) is 5.69 Å². The van der Waals surface area contributed by atoms with Gasteiger partial charge in [0, 0.05) is 11.3 Å². The molecule has 2 aromatic carbocycles. The highest BCUT2D eigenvalue weighted by atomic mass is 16.5. The quantitative estimate of drug-likeness (QED) is 0.550. The number of hydrogen-bond donors (Lipinski definition) is 0. The topological polar surface area (TPSA) is 61.2 Å². The number of benzene rings is 2. The second kappa shape index (κ2) is 5.44. The molecule has 0 aliphatic heterocycles. The lowest BCUT2D eigenvalue weighted by molar-refractivity contribution is 0.0600. The van der Waals surface area contributed by atoms with Gasteiger partial charge in [-0.05, 0) is 43.3 Å². The Morgan fingerprint density at radius 3 is 2.64 bits per heavy atom. The van der Waals surface area contributed by atoms with Gasteiger partial charge in [0.15, 0.2) is 5.78 Å². The van der Waals surface area contributed by atoms with Crippen LogP contribution in [0.1, 0.15) is 27.6 Å². The molecule has 1 heterocycles. The summed E-state index contributed by atoms with van der Waals surface area (Å²) in [6.45, 7) is 1.53. The van der Waals surface area contributed by atoms with Gasteiger partial charge >= 0.3 is 5.97 Å². The van der Waals surface area contributed by atoms with Crippen LogP contribution in [0, 0.1) is 0 Å². The number of rotatable bonds is 3. The van der Waals surface area contributed by atoms with E-state index in [-0.39, 0.29) is 11.8 Å². The summed E-state index contributed by atoms with van der Waals surface area (Å²) in [6, 6.07) is 12.5. The number of aromatic nitrogens is 2. The van der Waals surface area contributed by atoms with E-state index in [2.05, 4.69) is 4.98 Å². The summed E-state index contributed by atoms with van der Waals surface area (Å²) in [4.78, 5) is 27.4. The molecular formula is C17H14N2O3. The second-order valence-corrected chi connectivity index (χ2v) is 4.92. The number of nitrogens with zero attached hydrogens (tertiary/aromatic N) is 2. The fourth-order valence-corrected chi connectivity index (χ4v) is 2.34. The van der Waals surface area contributed by atoms with Gasteiger partial charge in [-0.1, -0.05) is 6.07 Å². The zero-order valence-electron chi connectivity index (χ0n) is 12.2. The number of imidazole rings is 1. The SMILES string of the molecule is COC(=O)c1cccc(-n2cnc3cc(C(C)=O)ccc32)c1. The standard InChI is InChI=1S/C17H14N2O3/c1-11(20)12-6-7-16-15(9-12)18-10-19(16)14-5-3-4-13(8-14)17(21)22-2/h3-10H,1-2H3. The number of methoxy groups -OCH3 is 1. The van der Waals surface area contributed by atoms with E-state index in [0.29, 0.717) is 11.1 Å². The molecule has 0 radical (unpaired) electrons. The van der Waals surface area contributed by atoms with E-state index < -0.39 is 0 Å². The van der Waals surface area contributed by atoms with Crippen molar-refractivity contribution in [3.63, 3.8) is 0 Å². The van der Waals surface area contributed by atoms with Crippen molar-refractivity contribution in [1.82, 2.24) is 9.55 Å². The Labute approximate surface area is 127 Å². The highest BCUT2D eigenvalue weighted by Crippen LogP contribution is 2.20. The minimum Gasteiger partial charge on any atom is -0.465 e. The van der Waals surface area contributed by atoms with Crippen LogP contribution >= 0.6 is 0 Å². The molecule has 0 spiro atoms. The minimum atomic E-state index is -0.384. The Balaban J connectivity index is 2.11. The Morgan fingerprint density at radius 1 is 1.09 bits per heavy atom. The van der Waals surface area contributed by atoms with E-state index in [9.17, 15) is 9.59 Å². The van der Waals surface area contributed by atoms with Crippen molar-refractivity contribution in [1.29, 1.82) is 0 Å². The van der Waals surface area contributed by atoms with Crippen LogP contribution in [0.5, 0.6) is 0 Å². The maximum atomic E-state index is 11.6. The highest BCUT2D eigenvalue weighted by Gasteiger charge is 2.10. The summed E-state index contributed by atoms with van der Waals surface area (Å²) >= 11 is 0. The normalized spacial score (nSPS) is 10.6. The lowest BCUT2D eigenvalue weighted by Gasteiger charge is -2.06. The fraction of sp³-hybridized carbons (Fsp3) is 0.118. The number of Topliss-reactive ketones (excluding diaryl/α,β-unsaturated/α-hetero) is 1. The molecule has 0 aliphatic rings. The summed E-state index contributed by atoms with van der Waals surface area (Å²) in [5.74, 6) is -0.380. The molecule has 0 N–H and O–H groups in total. The van der Waals surface area contributed by atoms with Crippen LogP contribution in [-0.2, 0) is 4.74 Å². The molecule has 0 bridgehead atoms. The van der Waals surface area contributed by atoms with Crippen LogP contribution < -0.4 is 0 Å². The van der Waals surface area contributed by atoms with Gasteiger partial charge in [0.25, 0.3) is 0 Å². The zero-order valence-corrected chi connectivity index (χ0v) is 12.2. The van der Waals surface area contributed by atoms with Gasteiger partial charge in [0.05, 0.1) is 23.7 Å². The first-order valence-corrected chi connectivity index (χ1v) is 6.77. The maximum absolute atomic E-state index is 11.6. The van der Waals surface area contributed by atoms with E-state index >= 15 is 0 Å². The molecule has 1 aromatic heterocycles. The molecule has 22 heavy (non-hydrogen) atoms. The van der Waals surface area contributed by atoms with Crippen LogP contribution in [0.15, 0.2) is 48.8 Å².